The molecule has 0 amide bonds. The minimum atomic E-state index is -1.60. The molecule has 0 spiro atoms. The second-order valence-corrected chi connectivity index (χ2v) is 4.18. The third-order valence-electron chi connectivity index (χ3n) is 1.61. The molecule has 1 unspecified atom stereocenters. The highest BCUT2D eigenvalue weighted by Gasteiger charge is 2.06. The van der Waals surface area contributed by atoms with Crippen molar-refractivity contribution >= 4 is 23.6 Å². The van der Waals surface area contributed by atoms with Crippen LogP contribution >= 0.6 is 11.8 Å². The van der Waals surface area contributed by atoms with E-state index in [-0.39, 0.29) is 5.69 Å². The number of rotatable bonds is 4. The average molecular weight is 242 g/mol. The molecule has 0 fully saturated rings. The Morgan fingerprint density at radius 3 is 2.44 bits per heavy atom. The number of nitro groups is 1. The molecule has 0 heterocycles. The zero-order chi connectivity index (χ0) is 12.1. The molecular weight excluding hydrogens is 234 g/mol. The molecule has 0 saturated carbocycles. The van der Waals surface area contributed by atoms with E-state index in [1.54, 1.807) is 6.92 Å². The van der Waals surface area contributed by atoms with Crippen molar-refractivity contribution in [3.63, 3.8) is 0 Å². The van der Waals surface area contributed by atoms with Gasteiger partial charge in [-0.2, -0.15) is 0 Å². The predicted octanol–water partition coefficient (Wildman–Crippen LogP) is 1.39. The van der Waals surface area contributed by atoms with Crippen LogP contribution < -0.4 is 5.11 Å². The van der Waals surface area contributed by atoms with Gasteiger partial charge < -0.3 is 14.6 Å². The Kier molecular flexibility index (Phi) is 4.12. The summed E-state index contributed by atoms with van der Waals surface area (Å²) in [5, 5.41) is 20.5. The summed E-state index contributed by atoms with van der Waals surface area (Å²) in [4.78, 5) is 20.7. The van der Waals surface area contributed by atoms with E-state index in [1.165, 1.54) is 24.3 Å². The first-order valence-corrected chi connectivity index (χ1v) is 5.16. The summed E-state index contributed by atoms with van der Waals surface area (Å²) in [5.41, 5.74) is -0.635. The molecule has 86 valence electrons. The summed E-state index contributed by atoms with van der Waals surface area (Å²) < 4.78 is 4.37. The fourth-order valence-electron chi connectivity index (χ4n) is 0.998. The standard InChI is InChI=1S/C9H9NO5S/c1-6(15-9(11)12)16-8-4-2-7(3-5-8)10(13)14/h2-6H,1H3,(H,11,12)/p-1. The van der Waals surface area contributed by atoms with E-state index in [1.807, 2.05) is 0 Å². The van der Waals surface area contributed by atoms with Gasteiger partial charge in [-0.15, -0.1) is 11.8 Å². The molecular formula is C9H8NO5S-. The third-order valence-corrected chi connectivity index (χ3v) is 2.58. The van der Waals surface area contributed by atoms with Gasteiger partial charge in [0.2, 0.25) is 0 Å². The Morgan fingerprint density at radius 2 is 2.00 bits per heavy atom. The Bertz CT molecular complexity index is 391. The quantitative estimate of drug-likeness (QED) is 0.260. The highest BCUT2D eigenvalue weighted by atomic mass is 32.2. The van der Waals surface area contributed by atoms with Crippen LogP contribution in [0.2, 0.25) is 0 Å². The molecule has 0 aliphatic rings. The van der Waals surface area contributed by atoms with Gasteiger partial charge in [0.25, 0.3) is 11.8 Å². The van der Waals surface area contributed by atoms with E-state index < -0.39 is 16.5 Å². The van der Waals surface area contributed by atoms with Crippen molar-refractivity contribution in [2.45, 2.75) is 17.3 Å². The molecule has 7 heteroatoms. The highest BCUT2D eigenvalue weighted by molar-refractivity contribution is 7.99. The number of hydrogen-bond acceptors (Lipinski definition) is 6. The van der Waals surface area contributed by atoms with Gasteiger partial charge in [0, 0.05) is 17.0 Å². The minimum Gasteiger partial charge on any atom is -0.536 e. The summed E-state index contributed by atoms with van der Waals surface area (Å²) in [7, 11) is 0. The third kappa shape index (κ3) is 3.77. The van der Waals surface area contributed by atoms with Crippen molar-refractivity contribution in [1.29, 1.82) is 0 Å². The molecule has 6 nitrogen and oxygen atoms in total. The second-order valence-electron chi connectivity index (χ2n) is 2.80. The highest BCUT2D eigenvalue weighted by Crippen LogP contribution is 2.25. The van der Waals surface area contributed by atoms with Crippen LogP contribution in [0.1, 0.15) is 6.92 Å². The summed E-state index contributed by atoms with van der Waals surface area (Å²) >= 11 is 1.13. The molecule has 0 radical (unpaired) electrons. The van der Waals surface area contributed by atoms with Gasteiger partial charge in [-0.3, -0.25) is 10.1 Å². The number of nitro benzene ring substituents is 1. The van der Waals surface area contributed by atoms with Crippen LogP contribution in [0.15, 0.2) is 29.2 Å². The Morgan fingerprint density at radius 1 is 1.44 bits per heavy atom. The SMILES string of the molecule is CC(OC(=O)[O-])Sc1ccc([N+](=O)[O-])cc1. The van der Waals surface area contributed by atoms with Crippen molar-refractivity contribution < 1.29 is 19.6 Å². The normalized spacial score (nSPS) is 11.8. The first-order valence-electron chi connectivity index (χ1n) is 4.28. The number of carbonyl (C=O) groups excluding carboxylic acids is 1. The number of carboxylic acid groups (broad SMARTS) is 1. The number of ether oxygens (including phenoxy) is 1. The van der Waals surface area contributed by atoms with Crippen molar-refractivity contribution in [3.05, 3.63) is 34.4 Å². The summed E-state index contributed by atoms with van der Waals surface area (Å²) in [6.07, 6.45) is -1.60. The fourth-order valence-corrected chi connectivity index (χ4v) is 1.80. The van der Waals surface area contributed by atoms with Crippen LogP contribution in [0.4, 0.5) is 10.5 Å². The number of carbonyl (C=O) groups is 1. The zero-order valence-electron chi connectivity index (χ0n) is 8.28. The number of nitrogens with zero attached hydrogens (tertiary/aromatic N) is 1. The summed E-state index contributed by atoms with van der Waals surface area (Å²) in [6, 6.07) is 5.73. The summed E-state index contributed by atoms with van der Waals surface area (Å²) in [6.45, 7) is 1.54. The summed E-state index contributed by atoms with van der Waals surface area (Å²) in [5.74, 6) is 0. The number of thioether (sulfide) groups is 1. The lowest BCUT2D eigenvalue weighted by Crippen LogP contribution is -2.26. The molecule has 1 rings (SSSR count). The maximum atomic E-state index is 10.4. The Labute approximate surface area is 95.4 Å². The molecule has 0 aliphatic heterocycles. The lowest BCUT2D eigenvalue weighted by atomic mass is 10.3. The van der Waals surface area contributed by atoms with Crippen molar-refractivity contribution in [1.82, 2.24) is 0 Å². The minimum absolute atomic E-state index is 0.0159. The van der Waals surface area contributed by atoms with Crippen LogP contribution in [0.5, 0.6) is 0 Å². The first kappa shape index (κ1) is 12.3. The smallest absolute Gasteiger partial charge is 0.269 e. The van der Waals surface area contributed by atoms with Gasteiger partial charge in [-0.1, -0.05) is 0 Å². The van der Waals surface area contributed by atoms with E-state index in [4.69, 9.17) is 0 Å². The molecule has 0 bridgehead atoms. The fraction of sp³-hybridized carbons (Fsp3) is 0.222. The molecule has 1 atom stereocenters. The van der Waals surface area contributed by atoms with E-state index in [0.29, 0.717) is 4.90 Å². The molecule has 1 aromatic rings. The number of hydrogen-bond donors (Lipinski definition) is 0. The Balaban J connectivity index is 2.61. The largest absolute Gasteiger partial charge is 0.536 e. The van der Waals surface area contributed by atoms with Crippen molar-refractivity contribution in [3.8, 4) is 0 Å². The zero-order valence-corrected chi connectivity index (χ0v) is 9.10. The van der Waals surface area contributed by atoms with Crippen LogP contribution in [0, 0.1) is 10.1 Å². The maximum Gasteiger partial charge on any atom is 0.269 e. The van der Waals surface area contributed by atoms with E-state index in [0.717, 1.165) is 11.8 Å². The topological polar surface area (TPSA) is 92.5 Å². The van der Waals surface area contributed by atoms with Crippen LogP contribution in [0.25, 0.3) is 0 Å². The maximum absolute atomic E-state index is 10.4. The second kappa shape index (κ2) is 5.36. The van der Waals surface area contributed by atoms with Crippen LogP contribution in [-0.2, 0) is 4.74 Å². The lowest BCUT2D eigenvalue weighted by Gasteiger charge is -2.16. The molecule has 0 saturated heterocycles. The van der Waals surface area contributed by atoms with Crippen molar-refractivity contribution in [2.24, 2.45) is 0 Å². The number of non-ortho nitro benzene ring substituents is 1. The molecule has 0 aromatic heterocycles. The monoisotopic (exact) mass is 242 g/mol. The molecule has 0 aliphatic carbocycles. The van der Waals surface area contributed by atoms with Crippen LogP contribution in [-0.4, -0.2) is 16.5 Å². The van der Waals surface area contributed by atoms with Gasteiger partial charge in [-0.25, -0.2) is 0 Å². The van der Waals surface area contributed by atoms with E-state index in [9.17, 15) is 20.0 Å². The van der Waals surface area contributed by atoms with Crippen molar-refractivity contribution in [2.75, 3.05) is 0 Å². The van der Waals surface area contributed by atoms with Crippen LogP contribution in [0.3, 0.4) is 0 Å². The lowest BCUT2D eigenvalue weighted by molar-refractivity contribution is -0.384. The van der Waals surface area contributed by atoms with E-state index in [2.05, 4.69) is 4.74 Å². The molecule has 0 N–H and O–H groups in total. The molecule has 1 aromatic carbocycles. The van der Waals surface area contributed by atoms with Gasteiger partial charge in [-0.05, 0) is 19.1 Å². The van der Waals surface area contributed by atoms with Gasteiger partial charge in [0.05, 0.1) is 10.4 Å². The molecule has 16 heavy (non-hydrogen) atoms. The van der Waals surface area contributed by atoms with E-state index >= 15 is 0 Å². The van der Waals surface area contributed by atoms with Gasteiger partial charge in [0.15, 0.2) is 0 Å². The predicted molar refractivity (Wildman–Crippen MR) is 54.9 cm³/mol. The first-order chi connectivity index (χ1) is 7.49. The Hall–Kier alpha value is -1.76. The van der Waals surface area contributed by atoms with Gasteiger partial charge in [0.1, 0.15) is 0 Å². The number of benzene rings is 1. The average Bonchev–Trinajstić information content (AvgIpc) is 2.16. The van der Waals surface area contributed by atoms with Gasteiger partial charge >= 0.3 is 0 Å².